The fraction of sp³-hybridized carbons (Fsp3) is 0.619. The minimum atomic E-state index is -0.558. The number of hydrogen-bond donors (Lipinski definition) is 2. The molecule has 2 aromatic heterocycles. The van der Waals surface area contributed by atoms with Crippen LogP contribution in [0.4, 0.5) is 4.79 Å². The molecule has 2 aromatic rings. The van der Waals surface area contributed by atoms with Crippen molar-refractivity contribution < 1.29 is 9.59 Å². The van der Waals surface area contributed by atoms with E-state index in [4.69, 9.17) is 4.98 Å². The summed E-state index contributed by atoms with van der Waals surface area (Å²) in [5.41, 5.74) is 1.18. The first-order chi connectivity index (χ1) is 14.3. The molecule has 1 atom stereocenters. The van der Waals surface area contributed by atoms with Gasteiger partial charge in [-0.15, -0.1) is 11.3 Å². The van der Waals surface area contributed by atoms with Gasteiger partial charge in [-0.05, 0) is 57.4 Å². The molecule has 2 N–H and O–H groups in total. The number of imide groups is 1. The number of urea groups is 1. The first-order valence-electron chi connectivity index (χ1n) is 10.6. The second-order valence-electron chi connectivity index (χ2n) is 8.03. The van der Waals surface area contributed by atoms with Crippen LogP contribution in [0.5, 0.6) is 0 Å². The average Bonchev–Trinajstić information content (AvgIpc) is 3.05. The Balaban J connectivity index is 1.95. The highest BCUT2D eigenvalue weighted by molar-refractivity contribution is 8.00. The highest BCUT2D eigenvalue weighted by Crippen LogP contribution is 2.35. The van der Waals surface area contributed by atoms with Crippen molar-refractivity contribution in [2.45, 2.75) is 76.8 Å². The molecule has 0 saturated heterocycles. The van der Waals surface area contributed by atoms with Gasteiger partial charge in [0.25, 0.3) is 5.56 Å². The Labute approximate surface area is 185 Å². The smallest absolute Gasteiger partial charge is 0.321 e. The maximum atomic E-state index is 13.5. The standard InChI is InChI=1S/C21H30N4O3S2/c1-5-22-20(28)23-17(26)13(4)29-21-24-18-16(14-8-6-7-9-15(14)30-18)19(27)25(21)11-10-12(2)3/h12-13H,5-11H2,1-4H3,(H2,22,23,26,28)/t13-/m1/s1. The maximum Gasteiger partial charge on any atom is 0.321 e. The summed E-state index contributed by atoms with van der Waals surface area (Å²) in [6, 6.07) is -0.513. The molecule has 0 fully saturated rings. The lowest BCUT2D eigenvalue weighted by Crippen LogP contribution is -2.42. The first kappa shape index (κ1) is 22.8. The Morgan fingerprint density at radius 2 is 1.97 bits per heavy atom. The van der Waals surface area contributed by atoms with Crippen LogP contribution in [0.1, 0.15) is 57.4 Å². The van der Waals surface area contributed by atoms with Crippen LogP contribution in [-0.4, -0.2) is 33.3 Å². The number of carbonyl (C=O) groups excluding carboxylic acids is 2. The lowest BCUT2D eigenvalue weighted by atomic mass is 9.97. The van der Waals surface area contributed by atoms with Gasteiger partial charge >= 0.3 is 6.03 Å². The number of nitrogens with one attached hydrogen (secondary N) is 2. The van der Waals surface area contributed by atoms with Gasteiger partial charge < -0.3 is 5.32 Å². The van der Waals surface area contributed by atoms with Gasteiger partial charge in [-0.2, -0.15) is 0 Å². The van der Waals surface area contributed by atoms with Gasteiger partial charge in [0.05, 0.1) is 10.6 Å². The van der Waals surface area contributed by atoms with Crippen molar-refractivity contribution in [3.63, 3.8) is 0 Å². The van der Waals surface area contributed by atoms with Crippen LogP contribution in [0.25, 0.3) is 10.2 Å². The van der Waals surface area contributed by atoms with Crippen LogP contribution in [0.2, 0.25) is 0 Å². The molecule has 1 aliphatic rings. The zero-order valence-electron chi connectivity index (χ0n) is 18.0. The van der Waals surface area contributed by atoms with Crippen LogP contribution < -0.4 is 16.2 Å². The summed E-state index contributed by atoms with van der Waals surface area (Å²) >= 11 is 2.84. The normalized spacial score (nSPS) is 14.6. The number of hydrogen-bond acceptors (Lipinski definition) is 6. The SMILES string of the molecule is CCNC(=O)NC(=O)[C@@H](C)Sc1nc2sc3c(c2c(=O)n1CCC(C)C)CCCC3. The van der Waals surface area contributed by atoms with Crippen molar-refractivity contribution in [1.29, 1.82) is 0 Å². The van der Waals surface area contributed by atoms with Gasteiger partial charge in [0, 0.05) is 18.0 Å². The molecule has 0 aliphatic heterocycles. The van der Waals surface area contributed by atoms with E-state index in [1.54, 1.807) is 29.8 Å². The Morgan fingerprint density at radius 3 is 2.67 bits per heavy atom. The highest BCUT2D eigenvalue weighted by atomic mass is 32.2. The van der Waals surface area contributed by atoms with E-state index in [0.717, 1.165) is 42.3 Å². The molecule has 2 heterocycles. The fourth-order valence-electron chi connectivity index (χ4n) is 3.52. The highest BCUT2D eigenvalue weighted by Gasteiger charge is 2.25. The van der Waals surface area contributed by atoms with E-state index < -0.39 is 17.2 Å². The number of aromatic nitrogens is 2. The van der Waals surface area contributed by atoms with Crippen molar-refractivity contribution in [3.8, 4) is 0 Å². The third kappa shape index (κ3) is 5.06. The largest absolute Gasteiger partial charge is 0.338 e. The predicted octanol–water partition coefficient (Wildman–Crippen LogP) is 3.71. The van der Waals surface area contributed by atoms with E-state index in [2.05, 4.69) is 24.5 Å². The topological polar surface area (TPSA) is 93.1 Å². The van der Waals surface area contributed by atoms with Gasteiger partial charge in [-0.3, -0.25) is 19.5 Å². The van der Waals surface area contributed by atoms with Gasteiger partial charge in [-0.1, -0.05) is 25.6 Å². The monoisotopic (exact) mass is 450 g/mol. The van der Waals surface area contributed by atoms with E-state index in [1.165, 1.54) is 22.2 Å². The molecule has 9 heteroatoms. The fourth-order valence-corrected chi connectivity index (χ4v) is 5.76. The number of aryl methyl sites for hydroxylation is 2. The molecular formula is C21H30N4O3S2. The summed E-state index contributed by atoms with van der Waals surface area (Å²) < 4.78 is 1.73. The summed E-state index contributed by atoms with van der Waals surface area (Å²) in [5.74, 6) is 0.0430. The zero-order valence-corrected chi connectivity index (χ0v) is 19.7. The first-order valence-corrected chi connectivity index (χ1v) is 12.3. The quantitative estimate of drug-likeness (QED) is 0.495. The minimum absolute atomic E-state index is 0.00103. The van der Waals surface area contributed by atoms with Gasteiger partial charge in [0.1, 0.15) is 4.83 Å². The number of nitrogens with zero attached hydrogens (tertiary/aromatic N) is 2. The number of rotatable bonds is 7. The van der Waals surface area contributed by atoms with E-state index in [9.17, 15) is 14.4 Å². The van der Waals surface area contributed by atoms with Crippen LogP contribution in [0.3, 0.4) is 0 Å². The molecule has 0 unspecified atom stereocenters. The van der Waals surface area contributed by atoms with Gasteiger partial charge in [0.2, 0.25) is 5.91 Å². The third-order valence-corrected chi connectivity index (χ3v) is 7.47. The van der Waals surface area contributed by atoms with Crippen molar-refractivity contribution in [2.75, 3.05) is 6.54 Å². The van der Waals surface area contributed by atoms with Crippen molar-refractivity contribution in [3.05, 3.63) is 20.8 Å². The molecule has 3 amide bonds. The van der Waals surface area contributed by atoms with E-state index in [-0.39, 0.29) is 5.56 Å². The number of amides is 3. The van der Waals surface area contributed by atoms with E-state index in [0.29, 0.717) is 24.2 Å². The van der Waals surface area contributed by atoms with Gasteiger partial charge in [-0.25, -0.2) is 9.78 Å². The van der Waals surface area contributed by atoms with Crippen molar-refractivity contribution >= 4 is 45.3 Å². The molecule has 0 aromatic carbocycles. The van der Waals surface area contributed by atoms with E-state index >= 15 is 0 Å². The average molecular weight is 451 g/mol. The van der Waals surface area contributed by atoms with Crippen molar-refractivity contribution in [2.24, 2.45) is 5.92 Å². The molecule has 0 radical (unpaired) electrons. The summed E-state index contributed by atoms with van der Waals surface area (Å²) in [6.45, 7) is 8.77. The van der Waals surface area contributed by atoms with Crippen LogP contribution in [0.15, 0.2) is 9.95 Å². The molecule has 164 valence electrons. The minimum Gasteiger partial charge on any atom is -0.338 e. The Hall–Kier alpha value is -1.87. The summed E-state index contributed by atoms with van der Waals surface area (Å²) in [5, 5.41) is 5.64. The van der Waals surface area contributed by atoms with Gasteiger partial charge in [0.15, 0.2) is 5.16 Å². The lowest BCUT2D eigenvalue weighted by molar-refractivity contribution is -0.119. The molecule has 0 saturated carbocycles. The maximum absolute atomic E-state index is 13.5. The molecule has 0 bridgehead atoms. The predicted molar refractivity (Wildman–Crippen MR) is 123 cm³/mol. The molecular weight excluding hydrogens is 420 g/mol. The third-order valence-electron chi connectivity index (χ3n) is 5.20. The Bertz CT molecular complexity index is 996. The lowest BCUT2D eigenvalue weighted by Gasteiger charge is -2.16. The summed E-state index contributed by atoms with van der Waals surface area (Å²) in [7, 11) is 0. The molecule has 7 nitrogen and oxygen atoms in total. The zero-order chi connectivity index (χ0) is 21.8. The molecule has 3 rings (SSSR count). The van der Waals surface area contributed by atoms with Crippen LogP contribution in [-0.2, 0) is 24.2 Å². The summed E-state index contributed by atoms with van der Waals surface area (Å²) in [6.07, 6.45) is 5.06. The van der Waals surface area contributed by atoms with E-state index in [1.807, 2.05) is 0 Å². The Morgan fingerprint density at radius 1 is 1.23 bits per heavy atom. The number of thioether (sulfide) groups is 1. The van der Waals surface area contributed by atoms with Crippen molar-refractivity contribution in [1.82, 2.24) is 20.2 Å². The second kappa shape index (κ2) is 9.96. The number of carbonyl (C=O) groups is 2. The number of thiophene rings is 1. The molecule has 1 aliphatic carbocycles. The summed E-state index contributed by atoms with van der Waals surface area (Å²) in [4.78, 5) is 44.4. The Kier molecular flexibility index (Phi) is 7.57. The number of fused-ring (bicyclic) bond motifs is 3. The second-order valence-corrected chi connectivity index (χ2v) is 10.4. The van der Waals surface area contributed by atoms with Crippen LogP contribution >= 0.6 is 23.1 Å². The molecule has 30 heavy (non-hydrogen) atoms. The molecule has 0 spiro atoms. The van der Waals surface area contributed by atoms with Crippen LogP contribution in [0, 0.1) is 5.92 Å².